The number of fused-ring (bicyclic) bond motifs is 1. The Labute approximate surface area is 120 Å². The van der Waals surface area contributed by atoms with Crippen LogP contribution in [0.3, 0.4) is 0 Å². The number of nitrogen functional groups attached to an aromatic ring is 1. The second-order valence-corrected chi connectivity index (χ2v) is 5.11. The SMILES string of the molecule is Nc1cc2oc(=O)[nH]c2cc1Nc1cc(Br)ccc1F. The summed E-state index contributed by atoms with van der Waals surface area (Å²) < 4.78 is 19.3. The second kappa shape index (κ2) is 4.68. The smallest absolute Gasteiger partial charge is 0.408 e. The Bertz CT molecular complexity index is 856. The normalized spacial score (nSPS) is 10.9. The van der Waals surface area contributed by atoms with Crippen molar-refractivity contribution in [1.82, 2.24) is 4.98 Å². The van der Waals surface area contributed by atoms with E-state index in [-0.39, 0.29) is 5.69 Å². The summed E-state index contributed by atoms with van der Waals surface area (Å²) in [5.74, 6) is -0.974. The lowest BCUT2D eigenvalue weighted by atomic mass is 10.2. The molecule has 0 bridgehead atoms. The Morgan fingerprint density at radius 2 is 2.05 bits per heavy atom. The number of nitrogens with two attached hydrogens (primary N) is 1. The van der Waals surface area contributed by atoms with Crippen LogP contribution in [0.15, 0.2) is 44.0 Å². The first-order valence-corrected chi connectivity index (χ1v) is 6.46. The fourth-order valence-electron chi connectivity index (χ4n) is 1.86. The van der Waals surface area contributed by atoms with Gasteiger partial charge in [-0.25, -0.2) is 9.18 Å². The van der Waals surface area contributed by atoms with Gasteiger partial charge in [0.05, 0.1) is 22.6 Å². The molecule has 3 aromatic rings. The van der Waals surface area contributed by atoms with Gasteiger partial charge in [-0.1, -0.05) is 15.9 Å². The molecule has 7 heteroatoms. The summed E-state index contributed by atoms with van der Waals surface area (Å²) in [7, 11) is 0. The van der Waals surface area contributed by atoms with Crippen LogP contribution in [0, 0.1) is 5.82 Å². The lowest BCUT2D eigenvalue weighted by Gasteiger charge is -2.10. The van der Waals surface area contributed by atoms with Gasteiger partial charge in [0.1, 0.15) is 5.82 Å². The van der Waals surface area contributed by atoms with Crippen molar-refractivity contribution < 1.29 is 8.81 Å². The molecule has 102 valence electrons. The molecule has 1 heterocycles. The maximum absolute atomic E-state index is 13.7. The van der Waals surface area contributed by atoms with E-state index < -0.39 is 11.6 Å². The minimum atomic E-state index is -0.565. The third-order valence-corrected chi connectivity index (χ3v) is 3.28. The molecule has 0 amide bonds. The highest BCUT2D eigenvalue weighted by atomic mass is 79.9. The maximum atomic E-state index is 13.7. The highest BCUT2D eigenvalue weighted by Gasteiger charge is 2.09. The molecule has 0 atom stereocenters. The molecule has 0 aliphatic carbocycles. The van der Waals surface area contributed by atoms with Crippen molar-refractivity contribution in [1.29, 1.82) is 0 Å². The van der Waals surface area contributed by atoms with Gasteiger partial charge in [-0.3, -0.25) is 4.98 Å². The van der Waals surface area contributed by atoms with Gasteiger partial charge in [0, 0.05) is 10.5 Å². The summed E-state index contributed by atoms with van der Waals surface area (Å²) in [6.45, 7) is 0. The second-order valence-electron chi connectivity index (χ2n) is 4.20. The molecule has 0 spiro atoms. The number of benzene rings is 2. The average Bonchev–Trinajstić information content (AvgIpc) is 2.73. The van der Waals surface area contributed by atoms with Gasteiger partial charge in [-0.2, -0.15) is 0 Å². The van der Waals surface area contributed by atoms with Crippen molar-refractivity contribution in [2.75, 3.05) is 11.1 Å². The molecule has 0 aliphatic rings. The number of rotatable bonds is 2. The van der Waals surface area contributed by atoms with E-state index in [2.05, 4.69) is 26.2 Å². The average molecular weight is 338 g/mol. The molecule has 0 unspecified atom stereocenters. The van der Waals surface area contributed by atoms with E-state index in [0.29, 0.717) is 22.5 Å². The summed E-state index contributed by atoms with van der Waals surface area (Å²) >= 11 is 3.27. The Morgan fingerprint density at radius 3 is 2.85 bits per heavy atom. The van der Waals surface area contributed by atoms with E-state index in [9.17, 15) is 9.18 Å². The highest BCUT2D eigenvalue weighted by Crippen LogP contribution is 2.29. The van der Waals surface area contributed by atoms with E-state index >= 15 is 0 Å². The van der Waals surface area contributed by atoms with Crippen molar-refractivity contribution in [2.45, 2.75) is 0 Å². The van der Waals surface area contributed by atoms with Gasteiger partial charge in [0.2, 0.25) is 0 Å². The van der Waals surface area contributed by atoms with Gasteiger partial charge < -0.3 is 15.5 Å². The maximum Gasteiger partial charge on any atom is 0.417 e. The van der Waals surface area contributed by atoms with Crippen LogP contribution in [0.4, 0.5) is 21.5 Å². The van der Waals surface area contributed by atoms with E-state index in [1.54, 1.807) is 18.2 Å². The summed E-state index contributed by atoms with van der Waals surface area (Å²) in [6.07, 6.45) is 0. The number of aromatic amines is 1. The number of hydrogen-bond acceptors (Lipinski definition) is 4. The number of hydrogen-bond donors (Lipinski definition) is 3. The Morgan fingerprint density at radius 1 is 1.25 bits per heavy atom. The van der Waals surface area contributed by atoms with Crippen molar-refractivity contribution in [3.8, 4) is 0 Å². The van der Waals surface area contributed by atoms with Crippen LogP contribution in [-0.2, 0) is 0 Å². The minimum Gasteiger partial charge on any atom is -0.408 e. The largest absolute Gasteiger partial charge is 0.417 e. The van der Waals surface area contributed by atoms with Crippen molar-refractivity contribution in [2.24, 2.45) is 0 Å². The molecular weight excluding hydrogens is 329 g/mol. The number of aromatic nitrogens is 1. The topological polar surface area (TPSA) is 84.0 Å². The molecule has 0 fully saturated rings. The summed E-state index contributed by atoms with van der Waals surface area (Å²) in [6, 6.07) is 7.62. The van der Waals surface area contributed by atoms with Crippen LogP contribution in [0.2, 0.25) is 0 Å². The number of oxazole rings is 1. The van der Waals surface area contributed by atoms with E-state index in [1.807, 2.05) is 0 Å². The molecule has 4 N–H and O–H groups in total. The fourth-order valence-corrected chi connectivity index (χ4v) is 2.22. The number of anilines is 3. The van der Waals surface area contributed by atoms with Crippen molar-refractivity contribution >= 4 is 44.1 Å². The highest BCUT2D eigenvalue weighted by molar-refractivity contribution is 9.10. The molecule has 1 aromatic heterocycles. The number of halogens is 2. The Kier molecular flexibility index (Phi) is 2.98. The summed E-state index contributed by atoms with van der Waals surface area (Å²) in [5.41, 5.74) is 7.80. The van der Waals surface area contributed by atoms with Gasteiger partial charge in [0.25, 0.3) is 0 Å². The standard InChI is InChI=1S/C13H9BrFN3O2/c14-6-1-2-7(15)9(3-6)17-10-5-11-12(4-8(10)16)20-13(19)18-11/h1-5,17H,16H2,(H,18,19). The molecule has 3 rings (SSSR count). The predicted molar refractivity (Wildman–Crippen MR) is 78.6 cm³/mol. The van der Waals surface area contributed by atoms with Gasteiger partial charge in [-0.05, 0) is 24.3 Å². The predicted octanol–water partition coefficient (Wildman–Crippen LogP) is 3.35. The first-order valence-electron chi connectivity index (χ1n) is 5.67. The zero-order valence-corrected chi connectivity index (χ0v) is 11.6. The molecular formula is C13H9BrFN3O2. The van der Waals surface area contributed by atoms with E-state index in [0.717, 1.165) is 4.47 Å². The molecule has 20 heavy (non-hydrogen) atoms. The first-order chi connectivity index (χ1) is 9.52. The third-order valence-electron chi connectivity index (χ3n) is 2.79. The monoisotopic (exact) mass is 337 g/mol. The van der Waals surface area contributed by atoms with Crippen LogP contribution in [0.5, 0.6) is 0 Å². The quantitative estimate of drug-likeness (QED) is 0.626. The zero-order chi connectivity index (χ0) is 14.3. The number of H-pyrrole nitrogens is 1. The van der Waals surface area contributed by atoms with Crippen LogP contribution in [0.1, 0.15) is 0 Å². The van der Waals surface area contributed by atoms with Crippen LogP contribution >= 0.6 is 15.9 Å². The number of nitrogens with one attached hydrogen (secondary N) is 2. The zero-order valence-electron chi connectivity index (χ0n) is 10.0. The molecule has 0 saturated carbocycles. The summed E-state index contributed by atoms with van der Waals surface area (Å²) in [4.78, 5) is 13.6. The Hall–Kier alpha value is -2.28. The molecule has 2 aromatic carbocycles. The van der Waals surface area contributed by atoms with Crippen molar-refractivity contribution in [3.05, 3.63) is 51.2 Å². The first kappa shape index (κ1) is 12.7. The lowest BCUT2D eigenvalue weighted by Crippen LogP contribution is -1.98. The molecule has 5 nitrogen and oxygen atoms in total. The third kappa shape index (κ3) is 2.27. The molecule has 0 aliphatic heterocycles. The van der Waals surface area contributed by atoms with E-state index in [4.69, 9.17) is 10.2 Å². The van der Waals surface area contributed by atoms with Gasteiger partial charge in [0.15, 0.2) is 5.58 Å². The van der Waals surface area contributed by atoms with Gasteiger partial charge >= 0.3 is 5.76 Å². The van der Waals surface area contributed by atoms with Crippen LogP contribution in [0.25, 0.3) is 11.1 Å². The van der Waals surface area contributed by atoms with Crippen molar-refractivity contribution in [3.63, 3.8) is 0 Å². The molecule has 0 saturated heterocycles. The van der Waals surface area contributed by atoms with Gasteiger partial charge in [-0.15, -0.1) is 0 Å². The minimum absolute atomic E-state index is 0.274. The lowest BCUT2D eigenvalue weighted by molar-refractivity contribution is 0.555. The van der Waals surface area contributed by atoms with E-state index in [1.165, 1.54) is 12.1 Å². The van der Waals surface area contributed by atoms with Crippen LogP contribution in [-0.4, -0.2) is 4.98 Å². The molecule has 0 radical (unpaired) electrons. The Balaban J connectivity index is 2.07. The fraction of sp³-hybridized carbons (Fsp3) is 0. The van der Waals surface area contributed by atoms with Crippen LogP contribution < -0.4 is 16.8 Å². The summed E-state index contributed by atoms with van der Waals surface area (Å²) in [5, 5.41) is 2.89.